The maximum atomic E-state index is 13.0. The summed E-state index contributed by atoms with van der Waals surface area (Å²) in [5, 5.41) is 18.5. The third kappa shape index (κ3) is 4.35. The summed E-state index contributed by atoms with van der Waals surface area (Å²) in [6.07, 6.45) is 1.19. The average molecular weight is 320 g/mol. The molecule has 0 unspecified atom stereocenters. The number of nitrogens with one attached hydrogen (secondary N) is 1. The van der Waals surface area contributed by atoms with Crippen molar-refractivity contribution in [2.45, 2.75) is 25.8 Å². The van der Waals surface area contributed by atoms with E-state index in [-0.39, 0.29) is 29.4 Å². The van der Waals surface area contributed by atoms with Crippen LogP contribution in [0, 0.1) is 5.82 Å². The molecular weight excluding hydrogens is 303 g/mol. The molecule has 0 saturated carbocycles. The van der Waals surface area contributed by atoms with Crippen molar-refractivity contribution >= 4 is 11.9 Å². The zero-order valence-corrected chi connectivity index (χ0v) is 12.8. The molecule has 0 saturated heterocycles. The summed E-state index contributed by atoms with van der Waals surface area (Å²) in [5.74, 6) is -1.83. The van der Waals surface area contributed by atoms with E-state index in [9.17, 15) is 14.0 Å². The van der Waals surface area contributed by atoms with Gasteiger partial charge in [0.1, 0.15) is 12.4 Å². The van der Waals surface area contributed by atoms with Crippen LogP contribution in [0.2, 0.25) is 0 Å². The van der Waals surface area contributed by atoms with Crippen molar-refractivity contribution in [1.29, 1.82) is 0 Å². The van der Waals surface area contributed by atoms with Crippen molar-refractivity contribution in [2.24, 2.45) is 0 Å². The number of carbonyl (C=O) groups is 2. The highest BCUT2D eigenvalue weighted by atomic mass is 19.1. The Labute approximate surface area is 132 Å². The number of benzene rings is 1. The number of amides is 1. The predicted octanol–water partition coefficient (Wildman–Crippen LogP) is 1.21. The van der Waals surface area contributed by atoms with Gasteiger partial charge in [0.2, 0.25) is 5.91 Å². The van der Waals surface area contributed by atoms with Crippen molar-refractivity contribution in [3.8, 4) is 0 Å². The highest BCUT2D eigenvalue weighted by Crippen LogP contribution is 2.22. The molecule has 8 heteroatoms. The van der Waals surface area contributed by atoms with E-state index in [1.807, 2.05) is 13.8 Å². The van der Waals surface area contributed by atoms with E-state index < -0.39 is 5.97 Å². The fourth-order valence-corrected chi connectivity index (χ4v) is 2.00. The zero-order valence-electron chi connectivity index (χ0n) is 12.8. The lowest BCUT2D eigenvalue weighted by molar-refractivity contribution is -0.122. The minimum Gasteiger partial charge on any atom is -0.476 e. The summed E-state index contributed by atoms with van der Waals surface area (Å²) < 4.78 is 14.1. The van der Waals surface area contributed by atoms with Crippen LogP contribution in [0.5, 0.6) is 0 Å². The second-order valence-corrected chi connectivity index (χ2v) is 5.77. The molecule has 1 aromatic carbocycles. The van der Waals surface area contributed by atoms with Crippen molar-refractivity contribution in [3.63, 3.8) is 0 Å². The Balaban J connectivity index is 1.92. The summed E-state index contributed by atoms with van der Waals surface area (Å²) in [5.41, 5.74) is 0.301. The molecule has 1 heterocycles. The van der Waals surface area contributed by atoms with Gasteiger partial charge >= 0.3 is 5.97 Å². The van der Waals surface area contributed by atoms with E-state index in [0.717, 1.165) is 10.2 Å². The van der Waals surface area contributed by atoms with Crippen LogP contribution < -0.4 is 5.32 Å². The molecule has 0 radical (unpaired) electrons. The van der Waals surface area contributed by atoms with Gasteiger partial charge in [0.05, 0.1) is 6.20 Å². The molecule has 7 nitrogen and oxygen atoms in total. The summed E-state index contributed by atoms with van der Waals surface area (Å²) in [6, 6.07) is 6.11. The molecule has 0 fully saturated rings. The molecule has 0 aliphatic heterocycles. The summed E-state index contributed by atoms with van der Waals surface area (Å²) in [4.78, 5) is 22.6. The summed E-state index contributed by atoms with van der Waals surface area (Å²) >= 11 is 0. The smallest absolute Gasteiger partial charge is 0.358 e. The second-order valence-electron chi connectivity index (χ2n) is 5.77. The normalized spacial score (nSPS) is 11.3. The molecule has 2 N–H and O–H groups in total. The first kappa shape index (κ1) is 16.6. The third-order valence-electron chi connectivity index (χ3n) is 3.42. The SMILES string of the molecule is CC(C)(CNC(=O)Cn1cc(C(=O)O)nn1)c1ccc(F)cc1. The molecule has 0 aliphatic rings. The van der Waals surface area contributed by atoms with Crippen LogP contribution in [0.1, 0.15) is 29.9 Å². The Morgan fingerprint density at radius 2 is 1.96 bits per heavy atom. The average Bonchev–Trinajstić information content (AvgIpc) is 2.94. The molecular formula is C15H17FN4O3. The lowest BCUT2D eigenvalue weighted by Crippen LogP contribution is -2.38. The first-order valence-electron chi connectivity index (χ1n) is 6.94. The minimum atomic E-state index is -1.20. The third-order valence-corrected chi connectivity index (χ3v) is 3.42. The van der Waals surface area contributed by atoms with Crippen LogP contribution in [0.15, 0.2) is 30.5 Å². The number of halogens is 1. The van der Waals surface area contributed by atoms with Crippen LogP contribution in [-0.2, 0) is 16.8 Å². The van der Waals surface area contributed by atoms with E-state index in [2.05, 4.69) is 15.6 Å². The number of hydrogen-bond donors (Lipinski definition) is 2. The first-order chi connectivity index (χ1) is 10.8. The van der Waals surface area contributed by atoms with Gasteiger partial charge in [-0.3, -0.25) is 4.79 Å². The lowest BCUT2D eigenvalue weighted by Gasteiger charge is -2.25. The number of aromatic nitrogens is 3. The summed E-state index contributed by atoms with van der Waals surface area (Å²) in [6.45, 7) is 4.08. The maximum absolute atomic E-state index is 13.0. The maximum Gasteiger partial charge on any atom is 0.358 e. The van der Waals surface area contributed by atoms with Gasteiger partial charge < -0.3 is 10.4 Å². The highest BCUT2D eigenvalue weighted by molar-refractivity contribution is 5.84. The number of carboxylic acids is 1. The molecule has 2 aromatic rings. The number of aromatic carboxylic acids is 1. The van der Waals surface area contributed by atoms with E-state index in [1.165, 1.54) is 18.3 Å². The topological polar surface area (TPSA) is 97.1 Å². The Hall–Kier alpha value is -2.77. The van der Waals surface area contributed by atoms with Gasteiger partial charge in [0.25, 0.3) is 0 Å². The Morgan fingerprint density at radius 3 is 2.52 bits per heavy atom. The molecule has 122 valence electrons. The van der Waals surface area contributed by atoms with Crippen molar-refractivity contribution < 1.29 is 19.1 Å². The number of hydrogen-bond acceptors (Lipinski definition) is 4. The fraction of sp³-hybridized carbons (Fsp3) is 0.333. The van der Waals surface area contributed by atoms with E-state index in [4.69, 9.17) is 5.11 Å². The molecule has 1 aromatic heterocycles. The number of carboxylic acid groups (broad SMARTS) is 1. The Bertz CT molecular complexity index is 710. The number of nitrogens with zero attached hydrogens (tertiary/aromatic N) is 3. The van der Waals surface area contributed by atoms with Crippen LogP contribution in [-0.4, -0.2) is 38.5 Å². The number of carbonyl (C=O) groups excluding carboxylic acids is 1. The fourth-order valence-electron chi connectivity index (χ4n) is 2.00. The molecule has 23 heavy (non-hydrogen) atoms. The molecule has 0 aliphatic carbocycles. The monoisotopic (exact) mass is 320 g/mol. The van der Waals surface area contributed by atoms with Gasteiger partial charge in [0, 0.05) is 12.0 Å². The van der Waals surface area contributed by atoms with Crippen molar-refractivity contribution in [2.75, 3.05) is 6.54 Å². The van der Waals surface area contributed by atoms with Crippen molar-refractivity contribution in [3.05, 3.63) is 47.5 Å². The van der Waals surface area contributed by atoms with Gasteiger partial charge in [-0.1, -0.05) is 31.2 Å². The highest BCUT2D eigenvalue weighted by Gasteiger charge is 2.21. The molecule has 0 spiro atoms. The lowest BCUT2D eigenvalue weighted by atomic mass is 9.84. The minimum absolute atomic E-state index is 0.125. The molecule has 1 amide bonds. The van der Waals surface area contributed by atoms with Gasteiger partial charge in [0.15, 0.2) is 5.69 Å². The van der Waals surface area contributed by atoms with Gasteiger partial charge in [-0.05, 0) is 17.7 Å². The van der Waals surface area contributed by atoms with E-state index >= 15 is 0 Å². The van der Waals surface area contributed by atoms with E-state index in [0.29, 0.717) is 6.54 Å². The Kier molecular flexibility index (Phi) is 4.73. The second kappa shape index (κ2) is 6.55. The van der Waals surface area contributed by atoms with Crippen LogP contribution in [0.25, 0.3) is 0 Å². The van der Waals surface area contributed by atoms with Crippen molar-refractivity contribution in [1.82, 2.24) is 20.3 Å². The standard InChI is InChI=1S/C15H17FN4O3/c1-15(2,10-3-5-11(16)6-4-10)9-17-13(21)8-20-7-12(14(22)23)18-19-20/h3-7H,8-9H2,1-2H3,(H,17,21)(H,22,23). The first-order valence-corrected chi connectivity index (χ1v) is 6.94. The number of rotatable bonds is 6. The van der Waals surface area contributed by atoms with Crippen LogP contribution in [0.3, 0.4) is 0 Å². The van der Waals surface area contributed by atoms with Gasteiger partial charge in [-0.25, -0.2) is 13.9 Å². The molecule has 0 atom stereocenters. The Morgan fingerprint density at radius 1 is 1.30 bits per heavy atom. The van der Waals surface area contributed by atoms with E-state index in [1.54, 1.807) is 12.1 Å². The van der Waals surface area contributed by atoms with Gasteiger partial charge in [-0.2, -0.15) is 0 Å². The quantitative estimate of drug-likeness (QED) is 0.834. The van der Waals surface area contributed by atoms with Crippen LogP contribution in [0.4, 0.5) is 4.39 Å². The predicted molar refractivity (Wildman–Crippen MR) is 79.4 cm³/mol. The van der Waals surface area contributed by atoms with Crippen LogP contribution >= 0.6 is 0 Å². The summed E-state index contributed by atoms with van der Waals surface area (Å²) in [7, 11) is 0. The zero-order chi connectivity index (χ0) is 17.0. The van der Waals surface area contributed by atoms with Gasteiger partial charge in [-0.15, -0.1) is 5.10 Å². The largest absolute Gasteiger partial charge is 0.476 e. The molecule has 2 rings (SSSR count). The molecule has 0 bridgehead atoms.